The van der Waals surface area contributed by atoms with Gasteiger partial charge in [0.15, 0.2) is 0 Å². The summed E-state index contributed by atoms with van der Waals surface area (Å²) >= 11 is 0. The summed E-state index contributed by atoms with van der Waals surface area (Å²) in [6.07, 6.45) is 7.30. The Morgan fingerprint density at radius 3 is 2.10 bits per heavy atom. The minimum atomic E-state index is 1.02. The zero-order valence-corrected chi connectivity index (χ0v) is 7.15. The van der Waals surface area contributed by atoms with Gasteiger partial charge < -0.3 is 0 Å². The van der Waals surface area contributed by atoms with E-state index >= 15 is 0 Å². The maximum absolute atomic E-state index is 5.23. The van der Waals surface area contributed by atoms with Crippen molar-refractivity contribution in [3.8, 4) is 12.3 Å². The third-order valence-electron chi connectivity index (χ3n) is 1.80. The highest BCUT2D eigenvalue weighted by Crippen LogP contribution is 2.11. The molecule has 0 nitrogen and oxygen atoms in total. The molecule has 0 aliphatic carbocycles. The Bertz CT molecular complexity index is 209. The monoisotopic (exact) mass is 134 g/mol. The lowest BCUT2D eigenvalue weighted by atomic mass is 10.0. The Hall–Kier alpha value is -0.960. The molecule has 0 saturated heterocycles. The van der Waals surface area contributed by atoms with Crippen molar-refractivity contribution in [2.45, 2.75) is 27.7 Å². The van der Waals surface area contributed by atoms with Gasteiger partial charge in [-0.05, 0) is 33.3 Å². The van der Waals surface area contributed by atoms with Gasteiger partial charge in [-0.25, -0.2) is 0 Å². The molecule has 0 radical (unpaired) electrons. The quantitative estimate of drug-likeness (QED) is 0.382. The summed E-state index contributed by atoms with van der Waals surface area (Å²) in [7, 11) is 0. The number of allylic oxidation sites excluding steroid dienone is 4. The smallest absolute Gasteiger partial charge is 0.00182 e. The van der Waals surface area contributed by atoms with E-state index in [1.54, 1.807) is 0 Å². The third kappa shape index (κ3) is 2.11. The van der Waals surface area contributed by atoms with Crippen molar-refractivity contribution in [1.29, 1.82) is 0 Å². The van der Waals surface area contributed by atoms with Crippen LogP contribution in [0.5, 0.6) is 0 Å². The highest BCUT2D eigenvalue weighted by molar-refractivity contribution is 5.39. The highest BCUT2D eigenvalue weighted by Gasteiger charge is 1.93. The molecule has 0 saturated carbocycles. The molecule has 0 atom stereocenters. The molecule has 0 heteroatoms. The molecule has 0 aliphatic heterocycles. The minimum Gasteiger partial charge on any atom is -0.115 e. The van der Waals surface area contributed by atoms with Gasteiger partial charge in [-0.3, -0.25) is 0 Å². The van der Waals surface area contributed by atoms with Gasteiger partial charge in [0.2, 0.25) is 0 Å². The van der Waals surface area contributed by atoms with Crippen molar-refractivity contribution in [1.82, 2.24) is 0 Å². The lowest BCUT2D eigenvalue weighted by Crippen LogP contribution is -1.82. The first-order valence-corrected chi connectivity index (χ1v) is 3.40. The number of hydrogen-bond donors (Lipinski definition) is 0. The van der Waals surface area contributed by atoms with Crippen LogP contribution in [0.3, 0.4) is 0 Å². The van der Waals surface area contributed by atoms with Gasteiger partial charge in [0, 0.05) is 5.57 Å². The van der Waals surface area contributed by atoms with Crippen molar-refractivity contribution in [3.05, 3.63) is 22.8 Å². The van der Waals surface area contributed by atoms with Crippen LogP contribution in [0.2, 0.25) is 0 Å². The average molecular weight is 134 g/mol. The van der Waals surface area contributed by atoms with E-state index in [1.807, 2.05) is 20.8 Å². The summed E-state index contributed by atoms with van der Waals surface area (Å²) in [6, 6.07) is 0. The molecular formula is C10H14. The van der Waals surface area contributed by atoms with Gasteiger partial charge in [-0.1, -0.05) is 17.6 Å². The summed E-state index contributed by atoms with van der Waals surface area (Å²) in [6.45, 7) is 8.09. The third-order valence-corrected chi connectivity index (χ3v) is 1.80. The number of rotatable bonds is 1. The molecule has 0 N–H and O–H groups in total. The Balaban J connectivity index is 4.68. The van der Waals surface area contributed by atoms with E-state index in [9.17, 15) is 0 Å². The maximum Gasteiger partial charge on any atom is 0.00182 e. The van der Waals surface area contributed by atoms with Crippen LogP contribution >= 0.6 is 0 Å². The van der Waals surface area contributed by atoms with Crippen molar-refractivity contribution in [3.63, 3.8) is 0 Å². The number of terminal acetylenes is 1. The summed E-state index contributed by atoms with van der Waals surface area (Å²) < 4.78 is 0. The molecule has 0 unspecified atom stereocenters. The van der Waals surface area contributed by atoms with Gasteiger partial charge in [0.25, 0.3) is 0 Å². The molecule has 0 bridgehead atoms. The second kappa shape index (κ2) is 3.95. The van der Waals surface area contributed by atoms with Crippen molar-refractivity contribution in [2.75, 3.05) is 0 Å². The van der Waals surface area contributed by atoms with Crippen LogP contribution in [0.15, 0.2) is 22.8 Å². The first kappa shape index (κ1) is 9.04. The van der Waals surface area contributed by atoms with E-state index in [-0.39, 0.29) is 0 Å². The Labute approximate surface area is 63.6 Å². The predicted octanol–water partition coefficient (Wildman–Crippen LogP) is 2.92. The molecule has 0 aromatic heterocycles. The van der Waals surface area contributed by atoms with Crippen LogP contribution in [-0.2, 0) is 0 Å². The van der Waals surface area contributed by atoms with Gasteiger partial charge in [0.05, 0.1) is 0 Å². The fourth-order valence-electron chi connectivity index (χ4n) is 0.621. The average Bonchev–Trinajstić information content (AvgIpc) is 2.00. The first-order chi connectivity index (χ1) is 4.63. The van der Waals surface area contributed by atoms with Crippen LogP contribution in [0, 0.1) is 12.3 Å². The van der Waals surface area contributed by atoms with E-state index < -0.39 is 0 Å². The summed E-state index contributed by atoms with van der Waals surface area (Å²) in [5.74, 6) is 2.62. The maximum atomic E-state index is 5.23. The Morgan fingerprint density at radius 1 is 1.30 bits per heavy atom. The molecular weight excluding hydrogens is 120 g/mol. The van der Waals surface area contributed by atoms with Crippen LogP contribution in [0.1, 0.15) is 27.7 Å². The fraction of sp³-hybridized carbons (Fsp3) is 0.400. The van der Waals surface area contributed by atoms with Crippen LogP contribution in [-0.4, -0.2) is 0 Å². The fourth-order valence-corrected chi connectivity index (χ4v) is 0.621. The van der Waals surface area contributed by atoms with Gasteiger partial charge in [-0.2, -0.15) is 0 Å². The predicted molar refractivity (Wildman–Crippen MR) is 46.6 cm³/mol. The standard InChI is InChI=1S/C10H14/c1-6-8(3)10(5)9(4)7-2/h1,7H,2-5H3. The normalized spacial score (nSPS) is 14.1. The topological polar surface area (TPSA) is 0 Å². The molecule has 0 aromatic carbocycles. The molecule has 0 amide bonds. The number of hydrogen-bond acceptors (Lipinski definition) is 0. The van der Waals surface area contributed by atoms with Crippen molar-refractivity contribution >= 4 is 0 Å². The summed E-state index contributed by atoms with van der Waals surface area (Å²) in [4.78, 5) is 0. The SMILES string of the molecule is C#CC(C)=C(C)C(C)=CC. The van der Waals surface area contributed by atoms with E-state index in [1.165, 1.54) is 11.1 Å². The van der Waals surface area contributed by atoms with Crippen LogP contribution < -0.4 is 0 Å². The van der Waals surface area contributed by atoms with Gasteiger partial charge >= 0.3 is 0 Å². The van der Waals surface area contributed by atoms with E-state index in [2.05, 4.69) is 18.9 Å². The molecule has 0 fully saturated rings. The second-order valence-electron chi connectivity index (χ2n) is 2.37. The first-order valence-electron chi connectivity index (χ1n) is 3.40. The second-order valence-corrected chi connectivity index (χ2v) is 2.37. The largest absolute Gasteiger partial charge is 0.115 e. The zero-order chi connectivity index (χ0) is 8.15. The molecule has 0 aromatic rings. The zero-order valence-electron chi connectivity index (χ0n) is 7.15. The Morgan fingerprint density at radius 2 is 1.80 bits per heavy atom. The molecule has 54 valence electrons. The van der Waals surface area contributed by atoms with Crippen molar-refractivity contribution < 1.29 is 0 Å². The van der Waals surface area contributed by atoms with Gasteiger partial charge in [-0.15, -0.1) is 6.42 Å². The van der Waals surface area contributed by atoms with E-state index in [0.717, 1.165) is 5.57 Å². The molecule has 10 heavy (non-hydrogen) atoms. The summed E-state index contributed by atoms with van der Waals surface area (Å²) in [5, 5.41) is 0. The van der Waals surface area contributed by atoms with E-state index in [0.29, 0.717) is 0 Å². The summed E-state index contributed by atoms with van der Waals surface area (Å²) in [5.41, 5.74) is 3.50. The van der Waals surface area contributed by atoms with Crippen molar-refractivity contribution in [2.24, 2.45) is 0 Å². The van der Waals surface area contributed by atoms with Crippen LogP contribution in [0.25, 0.3) is 0 Å². The lowest BCUT2D eigenvalue weighted by Gasteiger charge is -2.00. The molecule has 0 heterocycles. The molecule has 0 rings (SSSR count). The molecule has 0 aliphatic rings. The van der Waals surface area contributed by atoms with Crippen LogP contribution in [0.4, 0.5) is 0 Å². The highest BCUT2D eigenvalue weighted by atomic mass is 14.0. The lowest BCUT2D eigenvalue weighted by molar-refractivity contribution is 1.28. The Kier molecular flexibility index (Phi) is 3.57. The van der Waals surface area contributed by atoms with E-state index in [4.69, 9.17) is 6.42 Å². The molecule has 0 spiro atoms. The van der Waals surface area contributed by atoms with Gasteiger partial charge in [0.1, 0.15) is 0 Å². The minimum absolute atomic E-state index is 1.02.